The number of rotatable bonds is 7. The van der Waals surface area contributed by atoms with Crippen molar-refractivity contribution in [3.63, 3.8) is 0 Å². The normalized spacial score (nSPS) is 11.4. The second-order valence-corrected chi connectivity index (χ2v) is 5.41. The fourth-order valence-electron chi connectivity index (χ4n) is 2.26. The van der Waals surface area contributed by atoms with Crippen LogP contribution in [0.3, 0.4) is 0 Å². The highest BCUT2D eigenvalue weighted by Gasteiger charge is 2.08. The molecule has 0 aliphatic heterocycles. The molecule has 0 saturated heterocycles. The fraction of sp³-hybridized carbons (Fsp3) is 0.222. The van der Waals surface area contributed by atoms with Gasteiger partial charge in [-0.3, -0.25) is 9.98 Å². The molecule has 0 radical (unpaired) electrons. The van der Waals surface area contributed by atoms with Crippen molar-refractivity contribution < 1.29 is 4.52 Å². The van der Waals surface area contributed by atoms with Gasteiger partial charge >= 0.3 is 0 Å². The Labute approximate surface area is 146 Å². The lowest BCUT2D eigenvalue weighted by Crippen LogP contribution is -2.33. The average Bonchev–Trinajstić information content (AvgIpc) is 3.12. The molecule has 2 heterocycles. The Morgan fingerprint density at radius 1 is 1.08 bits per heavy atom. The first-order chi connectivity index (χ1) is 12.3. The van der Waals surface area contributed by atoms with E-state index in [-0.39, 0.29) is 0 Å². The summed E-state index contributed by atoms with van der Waals surface area (Å²) in [7, 11) is 0. The van der Waals surface area contributed by atoms with Crippen LogP contribution >= 0.6 is 0 Å². The third-order valence-corrected chi connectivity index (χ3v) is 3.53. The van der Waals surface area contributed by atoms with Crippen molar-refractivity contribution in [2.75, 3.05) is 13.1 Å². The lowest BCUT2D eigenvalue weighted by Gasteiger charge is -2.05. The Morgan fingerprint density at radius 3 is 2.72 bits per heavy atom. The van der Waals surface area contributed by atoms with Gasteiger partial charge in [-0.15, -0.1) is 0 Å². The van der Waals surface area contributed by atoms with Gasteiger partial charge in [-0.05, 0) is 24.1 Å². The zero-order valence-electron chi connectivity index (χ0n) is 13.8. The molecule has 2 aromatic heterocycles. The Morgan fingerprint density at radius 2 is 1.92 bits per heavy atom. The maximum absolute atomic E-state index is 5.86. The predicted molar refractivity (Wildman–Crippen MR) is 95.9 cm³/mol. The molecule has 3 rings (SSSR count). The minimum Gasteiger partial charge on any atom is -0.370 e. The Bertz CT molecular complexity index is 801. The van der Waals surface area contributed by atoms with Gasteiger partial charge in [0, 0.05) is 25.7 Å². The van der Waals surface area contributed by atoms with Gasteiger partial charge in [0.25, 0.3) is 5.89 Å². The van der Waals surface area contributed by atoms with Crippen molar-refractivity contribution >= 4 is 5.96 Å². The number of guanidine groups is 1. The number of hydrogen-bond acceptors (Lipinski definition) is 5. The minimum atomic E-state index is 0.411. The quantitative estimate of drug-likeness (QED) is 0.504. The molecule has 0 amide bonds. The number of nitrogens with one attached hydrogen (secondary N) is 1. The molecule has 0 aliphatic rings. The lowest BCUT2D eigenvalue weighted by atomic mass is 10.1. The summed E-state index contributed by atoms with van der Waals surface area (Å²) in [6.45, 7) is 1.23. The summed E-state index contributed by atoms with van der Waals surface area (Å²) in [5.41, 5.74) is 7.78. The second-order valence-electron chi connectivity index (χ2n) is 5.41. The van der Waals surface area contributed by atoms with Gasteiger partial charge in [-0.25, -0.2) is 0 Å². The van der Waals surface area contributed by atoms with E-state index in [0.29, 0.717) is 36.3 Å². The molecule has 3 N–H and O–H groups in total. The van der Waals surface area contributed by atoms with Crippen LogP contribution in [-0.2, 0) is 12.8 Å². The van der Waals surface area contributed by atoms with Gasteiger partial charge < -0.3 is 15.6 Å². The molecule has 7 nitrogen and oxygen atoms in total. The van der Waals surface area contributed by atoms with Gasteiger partial charge in [0.2, 0.25) is 0 Å². The zero-order chi connectivity index (χ0) is 17.3. The predicted octanol–water partition coefficient (Wildman–Crippen LogP) is 1.82. The van der Waals surface area contributed by atoms with Crippen LogP contribution < -0.4 is 11.1 Å². The molecule has 0 fully saturated rings. The smallest absolute Gasteiger partial charge is 0.276 e. The summed E-state index contributed by atoms with van der Waals surface area (Å²) in [5.74, 6) is 1.42. The fourth-order valence-corrected chi connectivity index (χ4v) is 2.26. The van der Waals surface area contributed by atoms with Crippen molar-refractivity contribution in [1.29, 1.82) is 0 Å². The van der Waals surface area contributed by atoms with Crippen molar-refractivity contribution in [3.05, 3.63) is 66.1 Å². The molecule has 0 aliphatic carbocycles. The van der Waals surface area contributed by atoms with E-state index in [2.05, 4.69) is 37.6 Å². The Kier molecular flexibility index (Phi) is 5.71. The number of nitrogens with zero attached hydrogens (tertiary/aromatic N) is 4. The average molecular weight is 336 g/mol. The van der Waals surface area contributed by atoms with Crippen molar-refractivity contribution in [2.45, 2.75) is 12.8 Å². The zero-order valence-corrected chi connectivity index (χ0v) is 13.8. The minimum absolute atomic E-state index is 0.411. The first-order valence-electron chi connectivity index (χ1n) is 8.13. The van der Waals surface area contributed by atoms with Crippen LogP contribution in [0.2, 0.25) is 0 Å². The number of benzene rings is 1. The van der Waals surface area contributed by atoms with E-state index in [1.165, 1.54) is 5.56 Å². The highest BCUT2D eigenvalue weighted by Crippen LogP contribution is 2.13. The molecule has 128 valence electrons. The SMILES string of the molecule is NC(=NCCc1noc(-c2ccccn2)n1)NCCc1ccccc1. The van der Waals surface area contributed by atoms with Crippen LogP contribution in [0.15, 0.2) is 64.2 Å². The molecule has 3 aromatic rings. The molecule has 1 aromatic carbocycles. The number of nitrogens with two attached hydrogens (primary N) is 1. The summed E-state index contributed by atoms with van der Waals surface area (Å²) < 4.78 is 5.20. The highest BCUT2D eigenvalue weighted by molar-refractivity contribution is 5.77. The van der Waals surface area contributed by atoms with Gasteiger partial charge in [0.05, 0.1) is 0 Å². The Hall–Kier alpha value is -3.22. The number of aromatic nitrogens is 3. The number of aliphatic imine (C=N–C) groups is 1. The van der Waals surface area contributed by atoms with E-state index in [1.54, 1.807) is 6.20 Å². The molecule has 25 heavy (non-hydrogen) atoms. The maximum atomic E-state index is 5.86. The van der Waals surface area contributed by atoms with Crippen LogP contribution in [0.25, 0.3) is 11.6 Å². The first-order valence-corrected chi connectivity index (χ1v) is 8.13. The molecular formula is C18H20N6O. The van der Waals surface area contributed by atoms with Crippen molar-refractivity contribution in [3.8, 4) is 11.6 Å². The van der Waals surface area contributed by atoms with Gasteiger partial charge in [0.1, 0.15) is 5.69 Å². The summed E-state index contributed by atoms with van der Waals surface area (Å²) in [6.07, 6.45) is 3.14. The van der Waals surface area contributed by atoms with Crippen LogP contribution in [0.5, 0.6) is 0 Å². The summed E-state index contributed by atoms with van der Waals surface area (Å²) in [5, 5.41) is 7.04. The first kappa shape index (κ1) is 16.6. The van der Waals surface area contributed by atoms with E-state index >= 15 is 0 Å². The van der Waals surface area contributed by atoms with Crippen LogP contribution in [-0.4, -0.2) is 34.2 Å². The highest BCUT2D eigenvalue weighted by atomic mass is 16.5. The van der Waals surface area contributed by atoms with E-state index in [4.69, 9.17) is 10.3 Å². The van der Waals surface area contributed by atoms with Gasteiger partial charge in [-0.1, -0.05) is 41.6 Å². The van der Waals surface area contributed by atoms with Crippen molar-refractivity contribution in [1.82, 2.24) is 20.4 Å². The summed E-state index contributed by atoms with van der Waals surface area (Å²) in [6, 6.07) is 15.8. The van der Waals surface area contributed by atoms with E-state index in [0.717, 1.165) is 13.0 Å². The van der Waals surface area contributed by atoms with Crippen LogP contribution in [0.4, 0.5) is 0 Å². The Balaban J connectivity index is 1.42. The standard InChI is InChI=1S/C18H20N6O/c19-18(21-12-9-14-6-2-1-3-7-14)22-13-10-16-23-17(25-24-16)15-8-4-5-11-20-15/h1-8,11H,9-10,12-13H2,(H3,19,21,22). The van der Waals surface area contributed by atoms with Gasteiger partial charge in [-0.2, -0.15) is 4.98 Å². The topological polar surface area (TPSA) is 102 Å². The molecule has 0 saturated carbocycles. The van der Waals surface area contributed by atoms with E-state index in [1.807, 2.05) is 36.4 Å². The van der Waals surface area contributed by atoms with Crippen LogP contribution in [0, 0.1) is 0 Å². The number of pyridine rings is 1. The maximum Gasteiger partial charge on any atom is 0.276 e. The largest absolute Gasteiger partial charge is 0.370 e. The van der Waals surface area contributed by atoms with Crippen molar-refractivity contribution in [2.24, 2.45) is 10.7 Å². The third-order valence-electron chi connectivity index (χ3n) is 3.53. The third kappa shape index (κ3) is 5.13. The van der Waals surface area contributed by atoms with Crippen LogP contribution in [0.1, 0.15) is 11.4 Å². The number of hydrogen-bond donors (Lipinski definition) is 2. The summed E-state index contributed by atoms with van der Waals surface area (Å²) in [4.78, 5) is 12.8. The van der Waals surface area contributed by atoms with E-state index in [9.17, 15) is 0 Å². The molecule has 7 heteroatoms. The lowest BCUT2D eigenvalue weighted by molar-refractivity contribution is 0.421. The summed E-state index contributed by atoms with van der Waals surface area (Å²) >= 11 is 0. The van der Waals surface area contributed by atoms with Gasteiger partial charge in [0.15, 0.2) is 11.8 Å². The van der Waals surface area contributed by atoms with E-state index < -0.39 is 0 Å². The molecule has 0 unspecified atom stereocenters. The molecule has 0 atom stereocenters. The monoisotopic (exact) mass is 336 g/mol. The molecule has 0 bridgehead atoms. The molecule has 0 spiro atoms. The molecular weight excluding hydrogens is 316 g/mol. The second kappa shape index (κ2) is 8.58.